The Morgan fingerprint density at radius 2 is 1.96 bits per heavy atom. The summed E-state index contributed by atoms with van der Waals surface area (Å²) in [4.78, 5) is 16.1. The number of halogens is 2. The smallest absolute Gasteiger partial charge is 0.256 e. The Morgan fingerprint density at radius 1 is 1.14 bits per heavy atom. The number of carbonyl (C=O) groups is 1. The average Bonchev–Trinajstić information content (AvgIpc) is 3.24. The van der Waals surface area contributed by atoms with Gasteiger partial charge in [0.1, 0.15) is 0 Å². The number of nitrogens with one attached hydrogen (secondary N) is 2. The Morgan fingerprint density at radius 3 is 2.79 bits per heavy atom. The minimum Gasteiger partial charge on any atom is -0.359 e. The second-order valence-electron chi connectivity index (χ2n) is 7.34. The molecule has 1 unspecified atom stereocenters. The lowest BCUT2D eigenvalue weighted by molar-refractivity contribution is -0.110. The van der Waals surface area contributed by atoms with Gasteiger partial charge in [-0.15, -0.1) is 0 Å². The number of hydrogen-bond acceptors (Lipinski definition) is 1. The summed E-state index contributed by atoms with van der Waals surface area (Å²) in [5.74, 6) is 0.298. The monoisotopic (exact) mass is 452 g/mol. The number of rotatable bonds is 2. The first kappa shape index (κ1) is 17.8. The number of anilines is 1. The van der Waals surface area contributed by atoms with E-state index in [1.54, 1.807) is 6.07 Å². The topological polar surface area (TPSA) is 44.9 Å². The van der Waals surface area contributed by atoms with Crippen LogP contribution in [0, 0.1) is 0 Å². The molecule has 5 heteroatoms. The summed E-state index contributed by atoms with van der Waals surface area (Å²) in [6.07, 6.45) is 5.29. The van der Waals surface area contributed by atoms with E-state index in [-0.39, 0.29) is 5.91 Å². The van der Waals surface area contributed by atoms with Crippen molar-refractivity contribution in [2.24, 2.45) is 0 Å². The molecule has 0 fully saturated rings. The maximum atomic E-state index is 12.6. The van der Waals surface area contributed by atoms with E-state index >= 15 is 0 Å². The van der Waals surface area contributed by atoms with Gasteiger partial charge in [-0.1, -0.05) is 41.9 Å². The molecule has 2 N–H and O–H groups in total. The lowest BCUT2D eigenvalue weighted by atomic mass is 9.82. The van der Waals surface area contributed by atoms with Gasteiger partial charge in [0.25, 0.3) is 5.91 Å². The number of aromatic amines is 1. The average molecular weight is 454 g/mol. The van der Waals surface area contributed by atoms with Crippen LogP contribution in [0.4, 0.5) is 5.69 Å². The number of carbonyl (C=O) groups excluding carboxylic acids is 1. The Labute approximate surface area is 176 Å². The molecule has 1 aliphatic heterocycles. The summed E-state index contributed by atoms with van der Waals surface area (Å²) in [7, 11) is 0. The SMILES string of the molecule is O=C1Nc2c(Br)cc(Cl)cc2C1=Cc1cc2c([nH]1)CCCC2c1ccccc1. The van der Waals surface area contributed by atoms with Crippen molar-refractivity contribution in [3.05, 3.63) is 86.1 Å². The van der Waals surface area contributed by atoms with Crippen LogP contribution in [0.25, 0.3) is 11.6 Å². The zero-order valence-electron chi connectivity index (χ0n) is 15.1. The van der Waals surface area contributed by atoms with Crippen LogP contribution in [0.3, 0.4) is 0 Å². The zero-order chi connectivity index (χ0) is 19.3. The van der Waals surface area contributed by atoms with E-state index < -0.39 is 0 Å². The molecule has 0 saturated carbocycles. The third-order valence-corrected chi connectivity index (χ3v) is 6.42. The van der Waals surface area contributed by atoms with Crippen LogP contribution in [0.1, 0.15) is 46.8 Å². The van der Waals surface area contributed by atoms with Gasteiger partial charge in [0.15, 0.2) is 0 Å². The third-order valence-electron chi connectivity index (χ3n) is 5.58. The zero-order valence-corrected chi connectivity index (χ0v) is 17.4. The van der Waals surface area contributed by atoms with Gasteiger partial charge < -0.3 is 10.3 Å². The van der Waals surface area contributed by atoms with Crippen molar-refractivity contribution in [3.63, 3.8) is 0 Å². The molecular weight excluding hydrogens is 436 g/mol. The van der Waals surface area contributed by atoms with Gasteiger partial charge in [0.05, 0.1) is 11.3 Å². The first-order valence-corrected chi connectivity index (χ1v) is 10.6. The number of aromatic nitrogens is 1. The minimum atomic E-state index is -0.106. The van der Waals surface area contributed by atoms with Crippen LogP contribution in [-0.4, -0.2) is 10.9 Å². The van der Waals surface area contributed by atoms with Crippen molar-refractivity contribution in [1.29, 1.82) is 0 Å². The highest BCUT2D eigenvalue weighted by Gasteiger charge is 2.28. The fraction of sp³-hybridized carbons (Fsp3) is 0.174. The number of fused-ring (bicyclic) bond motifs is 2. The number of benzene rings is 2. The quantitative estimate of drug-likeness (QED) is 0.434. The van der Waals surface area contributed by atoms with Gasteiger partial charge in [-0.2, -0.15) is 0 Å². The molecule has 1 aliphatic carbocycles. The first-order valence-electron chi connectivity index (χ1n) is 9.39. The summed E-state index contributed by atoms with van der Waals surface area (Å²) in [6, 6.07) is 16.5. The van der Waals surface area contributed by atoms with E-state index in [4.69, 9.17) is 11.6 Å². The highest BCUT2D eigenvalue weighted by Crippen LogP contribution is 2.41. The van der Waals surface area contributed by atoms with Gasteiger partial charge in [0, 0.05) is 32.4 Å². The molecule has 3 nitrogen and oxygen atoms in total. The van der Waals surface area contributed by atoms with Gasteiger partial charge in [0.2, 0.25) is 0 Å². The second kappa shape index (κ2) is 6.94. The Hall–Kier alpha value is -2.30. The fourth-order valence-corrected chi connectivity index (χ4v) is 5.23. The van der Waals surface area contributed by atoms with Gasteiger partial charge in [-0.25, -0.2) is 0 Å². The molecule has 0 radical (unpaired) electrons. The number of hydrogen-bond donors (Lipinski definition) is 2. The van der Waals surface area contributed by atoms with Crippen molar-refractivity contribution in [3.8, 4) is 0 Å². The normalized spacial score (nSPS) is 19.4. The first-order chi connectivity index (χ1) is 13.6. The van der Waals surface area contributed by atoms with Crippen molar-refractivity contribution in [2.45, 2.75) is 25.2 Å². The van der Waals surface area contributed by atoms with Crippen molar-refractivity contribution in [2.75, 3.05) is 5.32 Å². The highest BCUT2D eigenvalue weighted by atomic mass is 79.9. The number of amides is 1. The molecule has 0 spiro atoms. The predicted molar refractivity (Wildman–Crippen MR) is 118 cm³/mol. The fourth-order valence-electron chi connectivity index (χ4n) is 4.32. The molecule has 3 aromatic rings. The molecule has 140 valence electrons. The lowest BCUT2D eigenvalue weighted by Gasteiger charge is -2.22. The van der Waals surface area contributed by atoms with Crippen LogP contribution < -0.4 is 5.32 Å². The van der Waals surface area contributed by atoms with E-state index in [0.29, 0.717) is 16.5 Å². The summed E-state index contributed by atoms with van der Waals surface area (Å²) >= 11 is 9.69. The number of H-pyrrole nitrogens is 1. The third kappa shape index (κ3) is 3.01. The largest absolute Gasteiger partial charge is 0.359 e. The Balaban J connectivity index is 1.57. The summed E-state index contributed by atoms with van der Waals surface area (Å²) < 4.78 is 0.793. The molecule has 5 rings (SSSR count). The molecule has 2 heterocycles. The Kier molecular flexibility index (Phi) is 4.41. The summed E-state index contributed by atoms with van der Waals surface area (Å²) in [5, 5.41) is 3.53. The Bertz CT molecular complexity index is 1120. The summed E-state index contributed by atoms with van der Waals surface area (Å²) in [6.45, 7) is 0. The van der Waals surface area contributed by atoms with Gasteiger partial charge in [-0.3, -0.25) is 4.79 Å². The highest BCUT2D eigenvalue weighted by molar-refractivity contribution is 9.10. The van der Waals surface area contributed by atoms with Crippen LogP contribution >= 0.6 is 27.5 Å². The minimum absolute atomic E-state index is 0.106. The molecule has 2 aromatic carbocycles. The van der Waals surface area contributed by atoms with Gasteiger partial charge in [-0.05, 0) is 70.6 Å². The maximum absolute atomic E-state index is 12.6. The predicted octanol–water partition coefficient (Wildman–Crippen LogP) is 6.39. The van der Waals surface area contributed by atoms with Crippen LogP contribution in [-0.2, 0) is 11.2 Å². The maximum Gasteiger partial charge on any atom is 0.256 e. The molecule has 28 heavy (non-hydrogen) atoms. The van der Waals surface area contributed by atoms with Crippen LogP contribution in [0.5, 0.6) is 0 Å². The van der Waals surface area contributed by atoms with E-state index in [9.17, 15) is 4.79 Å². The van der Waals surface area contributed by atoms with Crippen molar-refractivity contribution >= 4 is 50.8 Å². The molecular formula is C23H18BrClN2O. The van der Waals surface area contributed by atoms with E-state index in [1.165, 1.54) is 16.8 Å². The number of aryl methyl sites for hydroxylation is 1. The van der Waals surface area contributed by atoms with Gasteiger partial charge >= 0.3 is 0 Å². The van der Waals surface area contributed by atoms with E-state index in [0.717, 1.165) is 40.7 Å². The summed E-state index contributed by atoms with van der Waals surface area (Å²) in [5.41, 5.74) is 7.17. The van der Waals surface area contributed by atoms with Crippen molar-refractivity contribution in [1.82, 2.24) is 4.98 Å². The lowest BCUT2D eigenvalue weighted by Crippen LogP contribution is -2.09. The van der Waals surface area contributed by atoms with E-state index in [1.807, 2.05) is 12.1 Å². The molecule has 1 atom stereocenters. The van der Waals surface area contributed by atoms with Crippen LogP contribution in [0.2, 0.25) is 5.02 Å². The standard InChI is InChI=1S/C23H18BrClN2O/c24-20-10-14(25)9-18-19(23(28)27-22(18)20)12-15-11-17-16(7-4-8-21(17)26-15)13-5-2-1-3-6-13/h1-3,5-6,9-12,16,26H,4,7-8H2,(H,27,28). The van der Waals surface area contributed by atoms with Crippen molar-refractivity contribution < 1.29 is 4.79 Å². The molecule has 0 saturated heterocycles. The molecule has 0 bridgehead atoms. The molecule has 1 aromatic heterocycles. The second-order valence-corrected chi connectivity index (χ2v) is 8.63. The van der Waals surface area contributed by atoms with Crippen LogP contribution in [0.15, 0.2) is 53.0 Å². The molecule has 1 amide bonds. The van der Waals surface area contributed by atoms with E-state index in [2.05, 4.69) is 62.6 Å². The molecule has 2 aliphatic rings.